The van der Waals surface area contributed by atoms with Crippen molar-refractivity contribution >= 4 is 6.29 Å². The molecule has 0 amide bonds. The minimum absolute atomic E-state index is 0.0205. The number of benzene rings is 1. The standard InChI is InChI=1S/C30H38N2O3/c1-17(19-6-4-18(16-33)5-7-19)27-29-12-8-20-14-21-15-23(34)28(10-2-3-11-28)26(21)31-24(20)25(29)30(35)22(9-13-29)32(27)30/h4-7,9,13,16-17,20-27,31,34-35H,2-3,8,10-12,14-15H2,1H3/t17-,20-,21+,22+,23-,24-,25+,26-,27+,29-,30+,32?/m1/s1. The Bertz CT molecular complexity index is 1100. The van der Waals surface area contributed by atoms with Gasteiger partial charge in [-0.05, 0) is 61.8 Å². The molecule has 1 aromatic rings. The molecule has 1 aromatic carbocycles. The number of aliphatic hydroxyl groups excluding tert-OH is 1. The van der Waals surface area contributed by atoms with Crippen LogP contribution < -0.4 is 5.32 Å². The van der Waals surface area contributed by atoms with Gasteiger partial charge in [0.15, 0.2) is 0 Å². The lowest BCUT2D eigenvalue weighted by Crippen LogP contribution is -2.66. The van der Waals surface area contributed by atoms with Gasteiger partial charge in [0.05, 0.1) is 12.1 Å². The summed E-state index contributed by atoms with van der Waals surface area (Å²) in [6.07, 6.45) is 14.9. The first-order valence-corrected chi connectivity index (χ1v) is 14.1. The minimum Gasteiger partial charge on any atom is -0.392 e. The zero-order valence-electron chi connectivity index (χ0n) is 20.6. The van der Waals surface area contributed by atoms with Gasteiger partial charge < -0.3 is 15.5 Å². The Hall–Kier alpha value is -1.53. The minimum atomic E-state index is -0.736. The third kappa shape index (κ3) is 2.43. The molecular formula is C30H38N2O3. The van der Waals surface area contributed by atoms with E-state index in [0.29, 0.717) is 29.5 Å². The third-order valence-electron chi connectivity index (χ3n) is 12.2. The predicted molar refractivity (Wildman–Crippen MR) is 133 cm³/mol. The van der Waals surface area contributed by atoms with Crippen molar-refractivity contribution in [1.82, 2.24) is 10.2 Å². The zero-order valence-corrected chi connectivity index (χ0v) is 20.6. The molecule has 12 atom stereocenters. The van der Waals surface area contributed by atoms with E-state index in [0.717, 1.165) is 32.0 Å². The lowest BCUT2D eigenvalue weighted by Gasteiger charge is -2.58. The van der Waals surface area contributed by atoms with E-state index in [1.165, 1.54) is 31.2 Å². The Balaban J connectivity index is 1.16. The summed E-state index contributed by atoms with van der Waals surface area (Å²) in [5.41, 5.74) is 1.28. The number of aldehydes is 1. The molecule has 8 aliphatic rings. The normalized spacial score (nSPS) is 52.6. The molecule has 0 radical (unpaired) electrons. The topological polar surface area (TPSA) is 72.6 Å². The third-order valence-corrected chi connectivity index (χ3v) is 12.2. The number of carbonyl (C=O) groups excluding carboxylic acids is 1. The number of nitrogens with one attached hydrogen (secondary N) is 1. The summed E-state index contributed by atoms with van der Waals surface area (Å²) >= 11 is 0. The molecule has 5 nitrogen and oxygen atoms in total. The van der Waals surface area contributed by atoms with E-state index in [1.54, 1.807) is 0 Å². The highest BCUT2D eigenvalue weighted by Crippen LogP contribution is 2.74. The molecule has 4 aliphatic carbocycles. The van der Waals surface area contributed by atoms with Crippen LogP contribution in [0.25, 0.3) is 0 Å². The van der Waals surface area contributed by atoms with Crippen LogP contribution in [-0.4, -0.2) is 57.4 Å². The molecular weight excluding hydrogens is 436 g/mol. The fourth-order valence-corrected chi connectivity index (χ4v) is 10.9. The number of nitrogens with zero attached hydrogens (tertiary/aromatic N) is 1. The summed E-state index contributed by atoms with van der Waals surface area (Å²) < 4.78 is 0. The van der Waals surface area contributed by atoms with Gasteiger partial charge in [-0.3, -0.25) is 9.69 Å². The molecule has 35 heavy (non-hydrogen) atoms. The van der Waals surface area contributed by atoms with Gasteiger partial charge in [-0.15, -0.1) is 0 Å². The second-order valence-corrected chi connectivity index (χ2v) is 13.3. The van der Waals surface area contributed by atoms with Crippen molar-refractivity contribution in [3.05, 3.63) is 47.5 Å². The molecule has 3 saturated heterocycles. The van der Waals surface area contributed by atoms with E-state index >= 15 is 0 Å². The molecule has 0 aromatic heterocycles. The number of hydrogen-bond acceptors (Lipinski definition) is 5. The van der Waals surface area contributed by atoms with Gasteiger partial charge in [-0.25, -0.2) is 0 Å². The van der Waals surface area contributed by atoms with E-state index < -0.39 is 5.72 Å². The first-order chi connectivity index (χ1) is 16.9. The van der Waals surface area contributed by atoms with E-state index in [2.05, 4.69) is 41.4 Å². The van der Waals surface area contributed by atoms with Crippen LogP contribution in [0, 0.1) is 28.6 Å². The van der Waals surface area contributed by atoms with Crippen LogP contribution in [0.3, 0.4) is 0 Å². The molecule has 6 fully saturated rings. The second-order valence-electron chi connectivity index (χ2n) is 13.3. The van der Waals surface area contributed by atoms with E-state index in [-0.39, 0.29) is 40.9 Å². The van der Waals surface area contributed by atoms with Gasteiger partial charge in [0.2, 0.25) is 0 Å². The van der Waals surface area contributed by atoms with Crippen molar-refractivity contribution in [3.8, 4) is 0 Å². The first kappa shape index (κ1) is 21.5. The highest BCUT2D eigenvalue weighted by atomic mass is 16.3. The molecule has 3 saturated carbocycles. The average molecular weight is 475 g/mol. The number of hydrogen-bond donors (Lipinski definition) is 3. The molecule has 3 N–H and O–H groups in total. The van der Waals surface area contributed by atoms with Crippen LogP contribution in [0.15, 0.2) is 36.4 Å². The largest absolute Gasteiger partial charge is 0.392 e. The highest BCUT2D eigenvalue weighted by Gasteiger charge is 2.84. The maximum atomic E-state index is 12.2. The Kier molecular flexibility index (Phi) is 4.22. The highest BCUT2D eigenvalue weighted by molar-refractivity contribution is 5.74. The lowest BCUT2D eigenvalue weighted by atomic mass is 9.51. The van der Waals surface area contributed by atoms with E-state index in [9.17, 15) is 15.0 Å². The number of carbonyl (C=O) groups is 1. The fraction of sp³-hybridized carbons (Fsp3) is 0.700. The van der Waals surface area contributed by atoms with Crippen LogP contribution in [0.1, 0.15) is 80.1 Å². The molecule has 9 rings (SSSR count). The summed E-state index contributed by atoms with van der Waals surface area (Å²) in [4.78, 5) is 13.6. The molecule has 2 spiro atoms. The number of piperidine rings is 2. The smallest absolute Gasteiger partial charge is 0.150 e. The molecule has 5 heteroatoms. The molecule has 186 valence electrons. The Labute approximate surface area is 208 Å². The Morgan fingerprint density at radius 1 is 1.11 bits per heavy atom. The van der Waals surface area contributed by atoms with E-state index in [4.69, 9.17) is 0 Å². The van der Waals surface area contributed by atoms with Crippen molar-refractivity contribution in [3.63, 3.8) is 0 Å². The van der Waals surface area contributed by atoms with Crippen LogP contribution in [-0.2, 0) is 0 Å². The summed E-state index contributed by atoms with van der Waals surface area (Å²) in [6.45, 7) is 2.32. The van der Waals surface area contributed by atoms with Crippen LogP contribution in [0.2, 0.25) is 0 Å². The van der Waals surface area contributed by atoms with Crippen molar-refractivity contribution in [2.45, 2.75) is 100 Å². The fourth-order valence-electron chi connectivity index (χ4n) is 10.9. The monoisotopic (exact) mass is 474 g/mol. The van der Waals surface area contributed by atoms with Gasteiger partial charge in [-0.1, -0.05) is 56.2 Å². The van der Waals surface area contributed by atoms with Crippen molar-refractivity contribution < 1.29 is 15.0 Å². The predicted octanol–water partition coefficient (Wildman–Crippen LogP) is 3.61. The zero-order chi connectivity index (χ0) is 23.7. The number of aliphatic hydroxyl groups is 2. The Morgan fingerprint density at radius 2 is 1.89 bits per heavy atom. The van der Waals surface area contributed by atoms with Crippen LogP contribution >= 0.6 is 0 Å². The van der Waals surface area contributed by atoms with Crippen molar-refractivity contribution in [2.24, 2.45) is 28.6 Å². The summed E-state index contributed by atoms with van der Waals surface area (Å²) in [5, 5.41) is 27.6. The van der Waals surface area contributed by atoms with Gasteiger partial charge in [0.1, 0.15) is 12.0 Å². The van der Waals surface area contributed by atoms with Crippen LogP contribution in [0.5, 0.6) is 0 Å². The maximum absolute atomic E-state index is 12.2. The van der Waals surface area contributed by atoms with Gasteiger partial charge in [0.25, 0.3) is 0 Å². The molecule has 4 heterocycles. The number of rotatable bonds is 3. The molecule has 1 unspecified atom stereocenters. The average Bonchev–Trinajstić information content (AvgIpc) is 3.19. The quantitative estimate of drug-likeness (QED) is 0.355. The second kappa shape index (κ2) is 6.86. The van der Waals surface area contributed by atoms with E-state index in [1.807, 2.05) is 12.1 Å². The Morgan fingerprint density at radius 3 is 2.63 bits per heavy atom. The van der Waals surface area contributed by atoms with Crippen molar-refractivity contribution in [1.29, 1.82) is 0 Å². The van der Waals surface area contributed by atoms with Gasteiger partial charge >= 0.3 is 0 Å². The summed E-state index contributed by atoms with van der Waals surface area (Å²) in [6, 6.07) is 9.21. The lowest BCUT2D eigenvalue weighted by molar-refractivity contribution is -0.0650. The first-order valence-electron chi connectivity index (χ1n) is 14.1. The maximum Gasteiger partial charge on any atom is 0.150 e. The molecule has 4 bridgehead atoms. The summed E-state index contributed by atoms with van der Waals surface area (Å²) in [7, 11) is 0. The van der Waals surface area contributed by atoms with Gasteiger partial charge in [0, 0.05) is 40.4 Å². The van der Waals surface area contributed by atoms with Gasteiger partial charge in [-0.2, -0.15) is 0 Å². The van der Waals surface area contributed by atoms with Crippen molar-refractivity contribution in [2.75, 3.05) is 0 Å². The summed E-state index contributed by atoms with van der Waals surface area (Å²) in [5.74, 6) is 1.67. The number of fused-ring (bicyclic) bond motifs is 3. The SMILES string of the molecule is C[C@H](c1ccc(C=O)cc1)[C@@H]1N2[C@H]3C=C[C@@]14CC[C@@H]1C[C@H]5C[C@@H](O)C6(CCCC6)[C@@H]5N[C@H]1[C@@H]4[C@@]32O. The van der Waals surface area contributed by atoms with Crippen LogP contribution in [0.4, 0.5) is 0 Å². The molecule has 4 aliphatic heterocycles.